The Morgan fingerprint density at radius 2 is 2.00 bits per heavy atom. The molecule has 0 fully saturated rings. The van der Waals surface area contributed by atoms with Gasteiger partial charge in [0.25, 0.3) is 0 Å². The van der Waals surface area contributed by atoms with Crippen molar-refractivity contribution in [3.05, 3.63) is 40.9 Å². The van der Waals surface area contributed by atoms with Crippen LogP contribution in [-0.2, 0) is 26.6 Å². The number of nitrogens with one attached hydrogen (secondary N) is 2. The number of aromatic amines is 1. The van der Waals surface area contributed by atoms with Gasteiger partial charge in [-0.2, -0.15) is 5.10 Å². The minimum atomic E-state index is -2.32. The summed E-state index contributed by atoms with van der Waals surface area (Å²) in [4.78, 5) is 0. The number of rotatable bonds is 7. The molecule has 0 aliphatic rings. The van der Waals surface area contributed by atoms with Crippen molar-refractivity contribution in [2.24, 2.45) is 0 Å². The molecule has 1 aromatic heterocycles. The summed E-state index contributed by atoms with van der Waals surface area (Å²) in [7, 11) is 3.10. The summed E-state index contributed by atoms with van der Waals surface area (Å²) in [5.74, 6) is 1.24. The van der Waals surface area contributed by atoms with E-state index in [4.69, 9.17) is 33.1 Å². The highest BCUT2D eigenvalue weighted by Gasteiger charge is 2.18. The lowest BCUT2D eigenvalue weighted by Crippen LogP contribution is -2.12. The lowest BCUT2D eigenvalue weighted by molar-refractivity contribution is 0.354. The van der Waals surface area contributed by atoms with Crippen molar-refractivity contribution in [2.45, 2.75) is 5.75 Å². The molecule has 0 aliphatic carbocycles. The zero-order valence-electron chi connectivity index (χ0n) is 11.5. The SMILES string of the molecule is COP(=S)(OC)SCc1n[nH]c(=S)n1Nc1ccccc1. The van der Waals surface area contributed by atoms with Gasteiger partial charge in [0.2, 0.25) is 10.5 Å². The van der Waals surface area contributed by atoms with Gasteiger partial charge in [-0.25, -0.2) is 4.68 Å². The molecule has 10 heteroatoms. The smallest absolute Gasteiger partial charge is 0.247 e. The maximum absolute atomic E-state index is 5.32. The highest BCUT2D eigenvalue weighted by Crippen LogP contribution is 2.60. The Labute approximate surface area is 137 Å². The van der Waals surface area contributed by atoms with E-state index in [0.29, 0.717) is 10.5 Å². The number of hydrogen-bond acceptors (Lipinski definition) is 7. The Kier molecular flexibility index (Phi) is 5.98. The van der Waals surface area contributed by atoms with E-state index in [1.165, 1.54) is 11.4 Å². The van der Waals surface area contributed by atoms with Crippen molar-refractivity contribution in [2.75, 3.05) is 19.6 Å². The van der Waals surface area contributed by atoms with Gasteiger partial charge in [-0.05, 0) is 36.2 Å². The van der Waals surface area contributed by atoms with E-state index in [1.807, 2.05) is 30.3 Å². The zero-order valence-corrected chi connectivity index (χ0v) is 14.8. The summed E-state index contributed by atoms with van der Waals surface area (Å²) in [6.45, 7) is 0. The first kappa shape index (κ1) is 16.7. The normalized spacial score (nSPS) is 11.5. The third kappa shape index (κ3) is 4.38. The monoisotopic (exact) mass is 362 g/mol. The molecule has 0 radical (unpaired) electrons. The Morgan fingerprint density at radius 1 is 1.33 bits per heavy atom. The molecule has 0 spiro atoms. The van der Waals surface area contributed by atoms with Crippen LogP contribution in [0.25, 0.3) is 0 Å². The molecule has 2 rings (SSSR count). The van der Waals surface area contributed by atoms with E-state index in [2.05, 4.69) is 15.6 Å². The van der Waals surface area contributed by atoms with Crippen LogP contribution in [0.5, 0.6) is 0 Å². The average molecular weight is 362 g/mol. The number of hydrogen-bond donors (Lipinski definition) is 2. The van der Waals surface area contributed by atoms with Crippen LogP contribution in [0.15, 0.2) is 30.3 Å². The van der Waals surface area contributed by atoms with E-state index >= 15 is 0 Å². The van der Waals surface area contributed by atoms with Gasteiger partial charge in [-0.3, -0.25) is 10.5 Å². The third-order valence-corrected chi connectivity index (χ3v) is 8.50. The maximum Gasteiger partial charge on any atom is 0.247 e. The van der Waals surface area contributed by atoms with Gasteiger partial charge in [0.05, 0.1) is 11.4 Å². The molecule has 6 nitrogen and oxygen atoms in total. The molecule has 1 heterocycles. The minimum absolute atomic E-state index is 0.484. The van der Waals surface area contributed by atoms with Crippen molar-refractivity contribution >= 4 is 46.8 Å². The molecule has 0 atom stereocenters. The van der Waals surface area contributed by atoms with Gasteiger partial charge >= 0.3 is 0 Å². The second-order valence-corrected chi connectivity index (χ2v) is 10.8. The van der Waals surface area contributed by atoms with Gasteiger partial charge in [0.1, 0.15) is 0 Å². The largest absolute Gasteiger partial charge is 0.325 e. The van der Waals surface area contributed by atoms with E-state index < -0.39 is 5.69 Å². The number of benzene rings is 1. The maximum atomic E-state index is 5.32. The Morgan fingerprint density at radius 3 is 2.62 bits per heavy atom. The van der Waals surface area contributed by atoms with Crippen LogP contribution in [0.1, 0.15) is 5.82 Å². The van der Waals surface area contributed by atoms with Crippen LogP contribution in [0, 0.1) is 4.77 Å². The Hall–Kier alpha value is -0.700. The summed E-state index contributed by atoms with van der Waals surface area (Å²) in [5, 5.41) is 6.97. The fourth-order valence-electron chi connectivity index (χ4n) is 1.50. The predicted octanol–water partition coefficient (Wildman–Crippen LogP) is 3.57. The van der Waals surface area contributed by atoms with Gasteiger partial charge in [0, 0.05) is 14.2 Å². The molecule has 0 saturated carbocycles. The first-order valence-electron chi connectivity index (χ1n) is 5.92. The molecule has 21 heavy (non-hydrogen) atoms. The molecule has 0 saturated heterocycles. The van der Waals surface area contributed by atoms with Gasteiger partial charge in [-0.1, -0.05) is 29.6 Å². The molecule has 0 amide bonds. The number of aromatic nitrogens is 3. The molecular formula is C11H15N4O2PS3. The topological polar surface area (TPSA) is 64.1 Å². The molecule has 114 valence electrons. The number of para-hydroxylation sites is 1. The molecule has 0 unspecified atom stereocenters. The highest BCUT2D eigenvalue weighted by atomic mass is 32.9. The summed E-state index contributed by atoms with van der Waals surface area (Å²) < 4.78 is 12.7. The summed E-state index contributed by atoms with van der Waals surface area (Å²) in [6, 6.07) is 9.72. The van der Waals surface area contributed by atoms with Crippen LogP contribution in [-0.4, -0.2) is 29.1 Å². The second-order valence-electron chi connectivity index (χ2n) is 3.84. The number of H-pyrrole nitrogens is 1. The standard InChI is InChI=1S/C11H15N4O2PS3/c1-16-18(20,17-2)21-8-10-12-13-11(19)15(10)14-9-6-4-3-5-7-9/h3-7,14H,8H2,1-2H3,(H,13,19). The van der Waals surface area contributed by atoms with Crippen molar-refractivity contribution in [3.63, 3.8) is 0 Å². The zero-order chi connectivity index (χ0) is 15.3. The van der Waals surface area contributed by atoms with Crippen LogP contribution >= 0.6 is 29.3 Å². The lowest BCUT2D eigenvalue weighted by Gasteiger charge is -2.16. The first-order chi connectivity index (χ1) is 10.1. The van der Waals surface area contributed by atoms with Crippen LogP contribution in [0.2, 0.25) is 0 Å². The molecule has 2 N–H and O–H groups in total. The summed E-state index contributed by atoms with van der Waals surface area (Å²) >= 11 is 12.0. The molecule has 2 aromatic rings. The van der Waals surface area contributed by atoms with E-state index in [-0.39, 0.29) is 0 Å². The quantitative estimate of drug-likeness (QED) is 0.577. The minimum Gasteiger partial charge on any atom is -0.325 e. The Bertz CT molecular complexity index is 680. The van der Waals surface area contributed by atoms with Crippen LogP contribution in [0.3, 0.4) is 0 Å². The van der Waals surface area contributed by atoms with Gasteiger partial charge in [0.15, 0.2) is 5.82 Å². The summed E-state index contributed by atoms with van der Waals surface area (Å²) in [5.41, 5.74) is 1.79. The van der Waals surface area contributed by atoms with Crippen molar-refractivity contribution < 1.29 is 9.05 Å². The van der Waals surface area contributed by atoms with E-state index in [0.717, 1.165) is 11.5 Å². The number of anilines is 1. The third-order valence-electron chi connectivity index (χ3n) is 2.56. The van der Waals surface area contributed by atoms with Crippen molar-refractivity contribution in [1.29, 1.82) is 0 Å². The fraction of sp³-hybridized carbons (Fsp3) is 0.273. The van der Waals surface area contributed by atoms with Gasteiger partial charge < -0.3 is 9.05 Å². The van der Waals surface area contributed by atoms with Crippen LogP contribution < -0.4 is 5.43 Å². The van der Waals surface area contributed by atoms with E-state index in [1.54, 1.807) is 18.9 Å². The molecule has 0 bridgehead atoms. The second kappa shape index (κ2) is 7.53. The van der Waals surface area contributed by atoms with Crippen LogP contribution in [0.4, 0.5) is 5.69 Å². The van der Waals surface area contributed by atoms with Gasteiger partial charge in [-0.15, -0.1) is 0 Å². The highest BCUT2D eigenvalue weighted by molar-refractivity contribution is 8.67. The number of nitrogens with zero attached hydrogens (tertiary/aromatic N) is 2. The molecule has 1 aromatic carbocycles. The molecule has 0 aliphatic heterocycles. The average Bonchev–Trinajstić information content (AvgIpc) is 2.87. The van der Waals surface area contributed by atoms with E-state index in [9.17, 15) is 0 Å². The lowest BCUT2D eigenvalue weighted by atomic mass is 10.3. The van der Waals surface area contributed by atoms with Crippen molar-refractivity contribution in [1.82, 2.24) is 14.9 Å². The predicted molar refractivity (Wildman–Crippen MR) is 92.5 cm³/mol. The fourth-order valence-corrected chi connectivity index (χ4v) is 4.45. The molecular weight excluding hydrogens is 347 g/mol. The summed E-state index contributed by atoms with van der Waals surface area (Å²) in [6.07, 6.45) is 0. The first-order valence-corrected chi connectivity index (χ1v) is 10.6. The Balaban J connectivity index is 2.15. The van der Waals surface area contributed by atoms with Crippen molar-refractivity contribution in [3.8, 4) is 0 Å².